The Morgan fingerprint density at radius 3 is 2.48 bits per heavy atom. The Kier molecular flexibility index (Phi) is 7.34. The monoisotopic (exact) mass is 404 g/mol. The fraction of sp³-hybridized carbons (Fsp3) is 0.846. The number of aliphatic hydroxyl groups excluding tert-OH is 2. The molecule has 3 aliphatic rings. The van der Waals surface area contributed by atoms with Crippen LogP contribution in [0.3, 0.4) is 0 Å². The van der Waals surface area contributed by atoms with Crippen molar-refractivity contribution in [3.05, 3.63) is 23.3 Å². The Morgan fingerprint density at radius 1 is 1.14 bits per heavy atom. The highest BCUT2D eigenvalue weighted by Gasteiger charge is 2.50. The van der Waals surface area contributed by atoms with Crippen molar-refractivity contribution in [1.29, 1.82) is 0 Å². The highest BCUT2D eigenvalue weighted by Crippen LogP contribution is 2.59. The van der Waals surface area contributed by atoms with E-state index in [1.807, 2.05) is 13.8 Å². The molecule has 6 atom stereocenters. The molecule has 3 N–H and O–H groups in total. The molecule has 0 aromatic carbocycles. The zero-order chi connectivity index (χ0) is 21.2. The first-order chi connectivity index (χ1) is 13.6. The molecule has 166 valence electrons. The van der Waals surface area contributed by atoms with Gasteiger partial charge in [0.2, 0.25) is 0 Å². The summed E-state index contributed by atoms with van der Waals surface area (Å²) >= 11 is 0. The molecule has 0 aromatic rings. The Labute approximate surface area is 178 Å². The minimum absolute atomic E-state index is 0.388. The fourth-order valence-electron chi connectivity index (χ4n) is 6.80. The van der Waals surface area contributed by atoms with Gasteiger partial charge in [0.1, 0.15) is 0 Å². The molecule has 0 heterocycles. The molecule has 0 aromatic heterocycles. The number of rotatable bonds is 6. The third-order valence-electron chi connectivity index (χ3n) is 8.25. The fourth-order valence-corrected chi connectivity index (χ4v) is 6.80. The number of allylic oxidation sites excluding steroid dienone is 3. The maximum Gasteiger partial charge on any atom is 0.0602 e. The molecule has 3 aliphatic carbocycles. The van der Waals surface area contributed by atoms with Crippen molar-refractivity contribution >= 4 is 0 Å². The zero-order valence-electron chi connectivity index (χ0n) is 19.2. The molecule has 0 aliphatic heterocycles. The minimum Gasteiger partial charge on any atom is -0.393 e. The molecule has 29 heavy (non-hydrogen) atoms. The lowest BCUT2D eigenvalue weighted by atomic mass is 9.60. The van der Waals surface area contributed by atoms with Gasteiger partial charge in [0.05, 0.1) is 17.8 Å². The van der Waals surface area contributed by atoms with E-state index >= 15 is 0 Å². The van der Waals surface area contributed by atoms with Crippen LogP contribution < -0.4 is 0 Å². The number of hydrogen-bond donors (Lipinski definition) is 3. The molecule has 0 amide bonds. The van der Waals surface area contributed by atoms with E-state index in [-0.39, 0.29) is 12.2 Å². The average Bonchev–Trinajstić information content (AvgIpc) is 2.95. The van der Waals surface area contributed by atoms with Crippen LogP contribution in [0.4, 0.5) is 0 Å². The van der Waals surface area contributed by atoms with Gasteiger partial charge < -0.3 is 15.3 Å². The number of hydrogen-bond acceptors (Lipinski definition) is 3. The first-order valence-electron chi connectivity index (χ1n) is 12.1. The lowest BCUT2D eigenvalue weighted by Gasteiger charge is -2.44. The highest BCUT2D eigenvalue weighted by molar-refractivity contribution is 5.26. The summed E-state index contributed by atoms with van der Waals surface area (Å²) in [6.07, 6.45) is 15.4. The molecule has 3 nitrogen and oxygen atoms in total. The molecule has 3 rings (SSSR count). The van der Waals surface area contributed by atoms with Gasteiger partial charge in [-0.05, 0) is 94.8 Å². The number of aliphatic hydroxyl groups is 3. The SMILES string of the molecule is C[C@@H](CCCC(C)(C)O)[C@H]1CC[C@@H]2C(=CC=C3C[C@@H](O)C[C@H](O)C3)CCC[C@@]21C. The van der Waals surface area contributed by atoms with Crippen LogP contribution in [0, 0.1) is 23.2 Å². The lowest BCUT2D eigenvalue weighted by Crippen LogP contribution is -2.36. The van der Waals surface area contributed by atoms with Gasteiger partial charge in [0.25, 0.3) is 0 Å². The van der Waals surface area contributed by atoms with Crippen LogP contribution in [0.1, 0.15) is 98.3 Å². The van der Waals surface area contributed by atoms with Gasteiger partial charge in [0, 0.05) is 0 Å². The zero-order valence-corrected chi connectivity index (χ0v) is 19.2. The normalized spacial score (nSPS) is 38.2. The van der Waals surface area contributed by atoms with Crippen molar-refractivity contribution in [3.8, 4) is 0 Å². The van der Waals surface area contributed by atoms with Gasteiger partial charge in [-0.1, -0.05) is 50.0 Å². The van der Waals surface area contributed by atoms with E-state index in [0.717, 1.165) is 18.8 Å². The Morgan fingerprint density at radius 2 is 1.83 bits per heavy atom. The largest absolute Gasteiger partial charge is 0.393 e. The van der Waals surface area contributed by atoms with Crippen LogP contribution in [-0.2, 0) is 0 Å². The molecular weight excluding hydrogens is 360 g/mol. The predicted octanol–water partition coefficient (Wildman–Crippen LogP) is 5.54. The molecule has 0 saturated heterocycles. The van der Waals surface area contributed by atoms with Crippen molar-refractivity contribution in [2.75, 3.05) is 0 Å². The Hall–Kier alpha value is -0.640. The van der Waals surface area contributed by atoms with E-state index in [4.69, 9.17) is 0 Å². The van der Waals surface area contributed by atoms with Crippen molar-refractivity contribution in [3.63, 3.8) is 0 Å². The summed E-state index contributed by atoms with van der Waals surface area (Å²) in [7, 11) is 0. The van der Waals surface area contributed by atoms with E-state index in [9.17, 15) is 15.3 Å². The molecule has 0 radical (unpaired) electrons. The first kappa shape index (κ1) is 23.0. The molecular formula is C26H44O3. The van der Waals surface area contributed by atoms with E-state index < -0.39 is 5.60 Å². The van der Waals surface area contributed by atoms with Crippen molar-refractivity contribution in [1.82, 2.24) is 0 Å². The minimum atomic E-state index is -0.545. The molecule has 3 saturated carbocycles. The summed E-state index contributed by atoms with van der Waals surface area (Å²) in [5.41, 5.74) is 2.66. The first-order valence-corrected chi connectivity index (χ1v) is 12.1. The third kappa shape index (κ3) is 5.74. The molecule has 0 spiro atoms. The second-order valence-corrected chi connectivity index (χ2v) is 11.3. The second kappa shape index (κ2) is 9.24. The van der Waals surface area contributed by atoms with Crippen LogP contribution >= 0.6 is 0 Å². The quantitative estimate of drug-likeness (QED) is 0.545. The van der Waals surface area contributed by atoms with E-state index in [0.29, 0.717) is 36.5 Å². The summed E-state index contributed by atoms with van der Waals surface area (Å²) < 4.78 is 0. The summed E-state index contributed by atoms with van der Waals surface area (Å²) in [6, 6.07) is 0. The predicted molar refractivity (Wildman–Crippen MR) is 120 cm³/mol. The summed E-state index contributed by atoms with van der Waals surface area (Å²) in [5, 5.41) is 29.9. The third-order valence-corrected chi connectivity index (χ3v) is 8.25. The average molecular weight is 405 g/mol. The highest BCUT2D eigenvalue weighted by atomic mass is 16.3. The number of fused-ring (bicyclic) bond motifs is 1. The van der Waals surface area contributed by atoms with Crippen LogP contribution in [-0.4, -0.2) is 33.1 Å². The van der Waals surface area contributed by atoms with Crippen molar-refractivity contribution in [2.45, 2.75) is 116 Å². The van der Waals surface area contributed by atoms with Crippen LogP contribution in [0.5, 0.6) is 0 Å². The molecule has 3 heteroatoms. The van der Waals surface area contributed by atoms with Gasteiger partial charge in [-0.15, -0.1) is 0 Å². The van der Waals surface area contributed by atoms with Crippen molar-refractivity contribution in [2.24, 2.45) is 23.2 Å². The van der Waals surface area contributed by atoms with E-state index in [1.165, 1.54) is 44.1 Å². The van der Waals surface area contributed by atoms with E-state index in [2.05, 4.69) is 26.0 Å². The maximum atomic E-state index is 10.0. The standard InChI is InChI=1S/C26H44O3/c1-18(7-5-13-25(2,3)29)23-11-12-24-20(8-6-14-26(23,24)4)10-9-19-15-21(27)17-22(28)16-19/h9-10,18,21-24,27-29H,5-8,11-17H2,1-4H3/t18-,21+,22+,23+,24+,26+/m0/s1. The summed E-state index contributed by atoms with van der Waals surface area (Å²) in [5.74, 6) is 2.19. The van der Waals surface area contributed by atoms with Gasteiger partial charge in [-0.3, -0.25) is 0 Å². The Bertz CT molecular complexity index is 602. The Balaban J connectivity index is 1.66. The second-order valence-electron chi connectivity index (χ2n) is 11.3. The summed E-state index contributed by atoms with van der Waals surface area (Å²) in [4.78, 5) is 0. The molecule has 0 unspecified atom stereocenters. The molecule has 0 bridgehead atoms. The van der Waals surface area contributed by atoms with Crippen LogP contribution in [0.15, 0.2) is 23.3 Å². The summed E-state index contributed by atoms with van der Waals surface area (Å²) in [6.45, 7) is 8.81. The molecule has 3 fully saturated rings. The van der Waals surface area contributed by atoms with Crippen molar-refractivity contribution < 1.29 is 15.3 Å². The van der Waals surface area contributed by atoms with Gasteiger partial charge in [-0.2, -0.15) is 0 Å². The van der Waals surface area contributed by atoms with Gasteiger partial charge >= 0.3 is 0 Å². The van der Waals surface area contributed by atoms with E-state index in [1.54, 1.807) is 5.57 Å². The van der Waals surface area contributed by atoms with Gasteiger partial charge in [-0.25, -0.2) is 0 Å². The van der Waals surface area contributed by atoms with Crippen LogP contribution in [0.2, 0.25) is 0 Å². The van der Waals surface area contributed by atoms with Gasteiger partial charge in [0.15, 0.2) is 0 Å². The maximum absolute atomic E-state index is 10.0. The lowest BCUT2D eigenvalue weighted by molar-refractivity contribution is 0.0591. The van der Waals surface area contributed by atoms with Crippen LogP contribution in [0.25, 0.3) is 0 Å². The topological polar surface area (TPSA) is 60.7 Å². The smallest absolute Gasteiger partial charge is 0.0602 e.